The van der Waals surface area contributed by atoms with Crippen LogP contribution in [0.4, 0.5) is 5.69 Å². The number of hydrogen-bond donors (Lipinski definition) is 1. The van der Waals surface area contributed by atoms with Gasteiger partial charge < -0.3 is 10.1 Å². The van der Waals surface area contributed by atoms with Crippen molar-refractivity contribution in [1.29, 1.82) is 0 Å². The SMILES string of the molecule is COc1ccccc1NC(=O)[C@H](Cc1ccccc1)N1C(=O)[C@H]2[C@@H]3C[C@H]([C@@H](Br)[C@H]3Br)[C@@H]2C1=O. The topological polar surface area (TPSA) is 75.7 Å². The fraction of sp³-hybridized carbons (Fsp3) is 0.400. The summed E-state index contributed by atoms with van der Waals surface area (Å²) in [5, 5.41) is 2.89. The van der Waals surface area contributed by atoms with Gasteiger partial charge in [0.2, 0.25) is 17.7 Å². The van der Waals surface area contributed by atoms with Gasteiger partial charge in [0.05, 0.1) is 24.6 Å². The molecule has 8 heteroatoms. The molecular weight excluding hydrogens is 552 g/mol. The van der Waals surface area contributed by atoms with Crippen LogP contribution < -0.4 is 10.1 Å². The minimum Gasteiger partial charge on any atom is -0.495 e. The van der Waals surface area contributed by atoms with Crippen molar-refractivity contribution < 1.29 is 19.1 Å². The Kier molecular flexibility index (Phi) is 6.07. The Bertz CT molecular complexity index is 1060. The number of benzene rings is 2. The van der Waals surface area contributed by atoms with E-state index in [0.29, 0.717) is 11.4 Å². The number of hydrogen-bond acceptors (Lipinski definition) is 4. The van der Waals surface area contributed by atoms with Crippen molar-refractivity contribution in [3.05, 3.63) is 60.2 Å². The van der Waals surface area contributed by atoms with Gasteiger partial charge in [-0.25, -0.2) is 0 Å². The number of rotatable bonds is 6. The number of halogens is 2. The molecule has 0 radical (unpaired) electrons. The minimum atomic E-state index is -0.940. The molecule has 6 nitrogen and oxygen atoms in total. The minimum absolute atomic E-state index is 0.0977. The Labute approximate surface area is 209 Å². The Morgan fingerprint density at radius 2 is 1.58 bits per heavy atom. The number of carbonyl (C=O) groups excluding carboxylic acids is 3. The van der Waals surface area contributed by atoms with Crippen LogP contribution in [-0.4, -0.2) is 45.4 Å². The number of carbonyl (C=O) groups is 3. The molecule has 1 saturated heterocycles. The van der Waals surface area contributed by atoms with E-state index in [0.717, 1.165) is 12.0 Å². The fourth-order valence-electron chi connectivity index (χ4n) is 5.78. The van der Waals surface area contributed by atoms with Gasteiger partial charge in [-0.15, -0.1) is 0 Å². The monoisotopic (exact) mass is 574 g/mol. The van der Waals surface area contributed by atoms with Gasteiger partial charge in [-0.05, 0) is 36.0 Å². The highest BCUT2D eigenvalue weighted by Crippen LogP contribution is 2.60. The lowest BCUT2D eigenvalue weighted by Gasteiger charge is -2.28. The van der Waals surface area contributed by atoms with Crippen molar-refractivity contribution in [3.63, 3.8) is 0 Å². The van der Waals surface area contributed by atoms with Gasteiger partial charge in [0.15, 0.2) is 0 Å². The molecule has 1 N–H and O–H groups in total. The van der Waals surface area contributed by atoms with E-state index in [1.54, 1.807) is 18.2 Å². The van der Waals surface area contributed by atoms with E-state index in [2.05, 4.69) is 37.2 Å². The maximum Gasteiger partial charge on any atom is 0.248 e. The van der Waals surface area contributed by atoms with Gasteiger partial charge in [0.1, 0.15) is 11.8 Å². The van der Waals surface area contributed by atoms with Crippen LogP contribution in [0, 0.1) is 23.7 Å². The highest BCUT2D eigenvalue weighted by molar-refractivity contribution is 9.12. The maximum absolute atomic E-state index is 13.6. The highest BCUT2D eigenvalue weighted by atomic mass is 79.9. The fourth-order valence-corrected chi connectivity index (χ4v) is 7.65. The molecule has 7 atom stereocenters. The Balaban J connectivity index is 1.48. The quantitative estimate of drug-likeness (QED) is 0.417. The van der Waals surface area contributed by atoms with E-state index in [9.17, 15) is 14.4 Å². The third-order valence-corrected chi connectivity index (χ3v) is 10.5. The number of fused-ring (bicyclic) bond motifs is 5. The zero-order valence-electron chi connectivity index (χ0n) is 18.0. The zero-order chi connectivity index (χ0) is 23.3. The maximum atomic E-state index is 13.6. The predicted octanol–water partition coefficient (Wildman–Crippen LogP) is 4.02. The van der Waals surface area contributed by atoms with Crippen LogP contribution in [0.5, 0.6) is 5.75 Å². The Hall–Kier alpha value is -2.19. The molecule has 0 spiro atoms. The van der Waals surface area contributed by atoms with Crippen molar-refractivity contribution in [3.8, 4) is 5.75 Å². The summed E-state index contributed by atoms with van der Waals surface area (Å²) in [5.74, 6) is -0.863. The number of imide groups is 1. The molecule has 3 fully saturated rings. The number of amides is 3. The first kappa shape index (κ1) is 22.6. The molecule has 3 amide bonds. The summed E-state index contributed by atoms with van der Waals surface area (Å²) in [7, 11) is 1.53. The van der Waals surface area contributed by atoms with Crippen LogP contribution in [-0.2, 0) is 20.8 Å². The number of nitrogens with zero attached hydrogens (tertiary/aromatic N) is 1. The van der Waals surface area contributed by atoms with E-state index in [-0.39, 0.29) is 51.6 Å². The van der Waals surface area contributed by atoms with Crippen LogP contribution in [0.1, 0.15) is 12.0 Å². The Morgan fingerprint density at radius 1 is 1.00 bits per heavy atom. The molecule has 2 saturated carbocycles. The van der Waals surface area contributed by atoms with Gasteiger partial charge in [-0.1, -0.05) is 74.3 Å². The summed E-state index contributed by atoms with van der Waals surface area (Å²) in [6.07, 6.45) is 1.10. The zero-order valence-corrected chi connectivity index (χ0v) is 21.2. The number of methoxy groups -OCH3 is 1. The van der Waals surface area contributed by atoms with E-state index < -0.39 is 11.9 Å². The molecule has 1 aliphatic heterocycles. The lowest BCUT2D eigenvalue weighted by Crippen LogP contribution is -2.49. The number of anilines is 1. The first-order valence-corrected chi connectivity index (χ1v) is 12.9. The summed E-state index contributed by atoms with van der Waals surface area (Å²) in [4.78, 5) is 42.3. The second-order valence-electron chi connectivity index (χ2n) is 8.95. The summed E-state index contributed by atoms with van der Waals surface area (Å²) >= 11 is 7.44. The first-order valence-electron chi connectivity index (χ1n) is 11.0. The number of nitrogens with one attached hydrogen (secondary N) is 1. The van der Waals surface area contributed by atoms with Crippen molar-refractivity contribution in [2.45, 2.75) is 28.5 Å². The molecule has 5 rings (SSSR count). The smallest absolute Gasteiger partial charge is 0.248 e. The van der Waals surface area contributed by atoms with Crippen LogP contribution in [0.2, 0.25) is 0 Å². The molecule has 0 unspecified atom stereocenters. The van der Waals surface area contributed by atoms with Crippen molar-refractivity contribution in [2.24, 2.45) is 23.7 Å². The summed E-state index contributed by atoms with van der Waals surface area (Å²) in [6.45, 7) is 0. The normalized spacial score (nSPS) is 30.9. The molecule has 3 aliphatic rings. The van der Waals surface area contributed by atoms with Gasteiger partial charge in [-0.2, -0.15) is 0 Å². The molecule has 2 aliphatic carbocycles. The lowest BCUT2D eigenvalue weighted by molar-refractivity contribution is -0.147. The van der Waals surface area contributed by atoms with Crippen molar-refractivity contribution in [1.82, 2.24) is 4.90 Å². The molecule has 2 aromatic rings. The van der Waals surface area contributed by atoms with Gasteiger partial charge in [-0.3, -0.25) is 19.3 Å². The van der Waals surface area contributed by atoms with E-state index in [1.165, 1.54) is 12.0 Å². The lowest BCUT2D eigenvalue weighted by atomic mass is 9.81. The van der Waals surface area contributed by atoms with E-state index in [1.807, 2.05) is 36.4 Å². The molecule has 33 heavy (non-hydrogen) atoms. The van der Waals surface area contributed by atoms with Crippen molar-refractivity contribution in [2.75, 3.05) is 12.4 Å². The summed E-state index contributed by atoms with van der Waals surface area (Å²) < 4.78 is 5.36. The number of likely N-dealkylation sites (tertiary alicyclic amines) is 1. The third-order valence-electron chi connectivity index (χ3n) is 7.27. The average molecular weight is 576 g/mol. The van der Waals surface area contributed by atoms with E-state index >= 15 is 0 Å². The third kappa shape index (κ3) is 3.71. The Morgan fingerprint density at radius 3 is 2.18 bits per heavy atom. The van der Waals surface area contributed by atoms with Crippen LogP contribution >= 0.6 is 31.9 Å². The van der Waals surface area contributed by atoms with Crippen LogP contribution in [0.25, 0.3) is 0 Å². The van der Waals surface area contributed by atoms with Gasteiger partial charge in [0.25, 0.3) is 0 Å². The second-order valence-corrected chi connectivity index (χ2v) is 11.1. The predicted molar refractivity (Wildman–Crippen MR) is 131 cm³/mol. The van der Waals surface area contributed by atoms with E-state index in [4.69, 9.17) is 4.74 Å². The molecule has 2 bridgehead atoms. The van der Waals surface area contributed by atoms with Crippen LogP contribution in [0.3, 0.4) is 0 Å². The molecule has 2 aromatic carbocycles. The van der Waals surface area contributed by atoms with Gasteiger partial charge >= 0.3 is 0 Å². The largest absolute Gasteiger partial charge is 0.495 e. The summed E-state index contributed by atoms with van der Waals surface area (Å²) in [5.41, 5.74) is 1.39. The standard InChI is InChI=1S/C25H24Br2N2O4/c1-33-18-10-6-5-9-16(18)28-23(30)17(11-13-7-3-2-4-8-13)29-24(31)19-14-12-15(20(19)25(29)32)22(27)21(14)26/h2-10,14-15,17,19-22H,11-12H2,1H3,(H,28,30)/t14-,15-,17-,19-,20-,21-,22+/m0/s1. The first-order chi connectivity index (χ1) is 15.9. The molecule has 0 aromatic heterocycles. The molecular formula is C25H24Br2N2O4. The number of ether oxygens (including phenoxy) is 1. The molecule has 1 heterocycles. The van der Waals surface area contributed by atoms with Crippen molar-refractivity contribution >= 4 is 55.3 Å². The number of para-hydroxylation sites is 2. The molecule has 172 valence electrons. The van der Waals surface area contributed by atoms with Gasteiger partial charge in [0, 0.05) is 16.1 Å². The second kappa shape index (κ2) is 8.87. The van der Waals surface area contributed by atoms with Crippen LogP contribution in [0.15, 0.2) is 54.6 Å². The number of alkyl halides is 2. The summed E-state index contributed by atoms with van der Waals surface area (Å²) in [6, 6.07) is 15.6. The highest BCUT2D eigenvalue weighted by Gasteiger charge is 2.67. The average Bonchev–Trinajstić information content (AvgIpc) is 3.43.